The smallest absolute Gasteiger partial charge is 0.328 e. The number of benzene rings is 2. The molecule has 1 aromatic heterocycles. The topological polar surface area (TPSA) is 170 Å². The Morgan fingerprint density at radius 1 is 1.05 bits per heavy atom. The summed E-state index contributed by atoms with van der Waals surface area (Å²) in [4.78, 5) is 38.0. The van der Waals surface area contributed by atoms with E-state index in [0.29, 0.717) is 29.8 Å². The summed E-state index contributed by atoms with van der Waals surface area (Å²) in [5, 5.41) is 31.1. The molecule has 0 unspecified atom stereocenters. The van der Waals surface area contributed by atoms with Gasteiger partial charge in [0.15, 0.2) is 0 Å². The maximum Gasteiger partial charge on any atom is 0.328 e. The first-order valence-electron chi connectivity index (χ1n) is 12.0. The fourth-order valence-corrected chi connectivity index (χ4v) is 3.64. The van der Waals surface area contributed by atoms with Crippen LogP contribution in [0.25, 0.3) is 11.5 Å². The van der Waals surface area contributed by atoms with Gasteiger partial charge in [-0.25, -0.2) is 9.59 Å². The summed E-state index contributed by atoms with van der Waals surface area (Å²) in [7, 11) is 0. The lowest BCUT2D eigenvalue weighted by Gasteiger charge is -2.26. The van der Waals surface area contributed by atoms with E-state index in [1.54, 1.807) is 24.3 Å². The molecule has 1 aliphatic heterocycles. The molecule has 3 aromatic rings. The summed E-state index contributed by atoms with van der Waals surface area (Å²) in [5.41, 5.74) is 3.89. The second-order valence-corrected chi connectivity index (χ2v) is 8.46. The SMILES string of the molecule is N#Cc1ccc(-c2nc(C(=O)NCCC3=CCN(Cc4ccccc4)CC3)no2)cc1.O=C(O)/C=C/C(=O)O. The zero-order chi connectivity index (χ0) is 28.0. The van der Waals surface area contributed by atoms with Crippen LogP contribution in [0.4, 0.5) is 0 Å². The summed E-state index contributed by atoms with van der Waals surface area (Å²) in [6, 6.07) is 19.3. The maximum absolute atomic E-state index is 12.3. The Kier molecular flexibility index (Phi) is 10.7. The molecule has 2 aromatic carbocycles. The van der Waals surface area contributed by atoms with Crippen molar-refractivity contribution in [2.45, 2.75) is 19.4 Å². The Morgan fingerprint density at radius 2 is 1.74 bits per heavy atom. The molecule has 200 valence electrons. The molecular formula is C28H27N5O6. The first-order chi connectivity index (χ1) is 18.8. The van der Waals surface area contributed by atoms with E-state index in [1.165, 1.54) is 11.1 Å². The van der Waals surface area contributed by atoms with Crippen LogP contribution in [0.1, 0.15) is 34.6 Å². The van der Waals surface area contributed by atoms with Gasteiger partial charge in [-0.1, -0.05) is 47.1 Å². The fourth-order valence-electron chi connectivity index (χ4n) is 3.64. The first kappa shape index (κ1) is 28.5. The summed E-state index contributed by atoms with van der Waals surface area (Å²) in [6.45, 7) is 3.44. The first-order valence-corrected chi connectivity index (χ1v) is 12.0. The number of hydrogen-bond donors (Lipinski definition) is 3. The summed E-state index contributed by atoms with van der Waals surface area (Å²) in [6.07, 6.45) is 5.19. The molecule has 11 nitrogen and oxygen atoms in total. The molecular weight excluding hydrogens is 502 g/mol. The minimum atomic E-state index is -1.26. The van der Waals surface area contributed by atoms with Gasteiger partial charge in [0.05, 0.1) is 11.6 Å². The van der Waals surface area contributed by atoms with Crippen LogP contribution in [0.2, 0.25) is 0 Å². The van der Waals surface area contributed by atoms with Gasteiger partial charge in [-0.05, 0) is 42.7 Å². The Hall–Kier alpha value is -5.08. The average Bonchev–Trinajstić information content (AvgIpc) is 3.44. The largest absolute Gasteiger partial charge is 0.478 e. The van der Waals surface area contributed by atoms with Crippen LogP contribution in [-0.2, 0) is 16.1 Å². The van der Waals surface area contributed by atoms with Crippen LogP contribution in [-0.4, -0.2) is 62.7 Å². The van der Waals surface area contributed by atoms with Crippen molar-refractivity contribution in [2.24, 2.45) is 0 Å². The van der Waals surface area contributed by atoms with Gasteiger partial charge in [-0.3, -0.25) is 9.69 Å². The van der Waals surface area contributed by atoms with Gasteiger partial charge in [-0.2, -0.15) is 10.2 Å². The normalized spacial score (nSPS) is 13.1. The van der Waals surface area contributed by atoms with E-state index >= 15 is 0 Å². The third-order valence-electron chi connectivity index (χ3n) is 5.63. The van der Waals surface area contributed by atoms with Crippen molar-refractivity contribution in [3.63, 3.8) is 0 Å². The molecule has 39 heavy (non-hydrogen) atoms. The van der Waals surface area contributed by atoms with Crippen LogP contribution >= 0.6 is 0 Å². The van der Waals surface area contributed by atoms with Gasteiger partial charge >= 0.3 is 11.9 Å². The summed E-state index contributed by atoms with van der Waals surface area (Å²) >= 11 is 0. The van der Waals surface area contributed by atoms with Crippen LogP contribution < -0.4 is 5.32 Å². The summed E-state index contributed by atoms with van der Waals surface area (Å²) in [5.74, 6) is -2.61. The molecule has 1 amide bonds. The number of hydrogen-bond acceptors (Lipinski definition) is 8. The third kappa shape index (κ3) is 9.71. The van der Waals surface area contributed by atoms with Gasteiger partial charge in [0, 0.05) is 43.9 Å². The van der Waals surface area contributed by atoms with Crippen molar-refractivity contribution in [3.05, 3.63) is 95.3 Å². The zero-order valence-corrected chi connectivity index (χ0v) is 21.0. The van der Waals surface area contributed by atoms with Crippen molar-refractivity contribution in [2.75, 3.05) is 19.6 Å². The molecule has 4 rings (SSSR count). The van der Waals surface area contributed by atoms with E-state index in [1.807, 2.05) is 6.07 Å². The Balaban J connectivity index is 0.000000459. The van der Waals surface area contributed by atoms with E-state index in [4.69, 9.17) is 20.0 Å². The quantitative estimate of drug-likeness (QED) is 0.276. The molecule has 0 saturated heterocycles. The van der Waals surface area contributed by atoms with E-state index in [2.05, 4.69) is 56.8 Å². The summed E-state index contributed by atoms with van der Waals surface area (Å²) < 4.78 is 5.18. The van der Waals surface area contributed by atoms with Crippen LogP contribution in [0.3, 0.4) is 0 Å². The third-order valence-corrected chi connectivity index (χ3v) is 5.63. The molecule has 11 heteroatoms. The number of carboxylic acid groups (broad SMARTS) is 2. The molecule has 0 fully saturated rings. The highest BCUT2D eigenvalue weighted by molar-refractivity contribution is 5.90. The fraction of sp³-hybridized carbons (Fsp3) is 0.214. The molecule has 0 radical (unpaired) electrons. The van der Waals surface area contributed by atoms with Gasteiger partial charge in [-0.15, -0.1) is 0 Å². The Labute approximate surface area is 224 Å². The number of carbonyl (C=O) groups is 3. The predicted molar refractivity (Wildman–Crippen MR) is 140 cm³/mol. The van der Waals surface area contributed by atoms with E-state index in [9.17, 15) is 14.4 Å². The molecule has 0 atom stereocenters. The van der Waals surface area contributed by atoms with Crippen LogP contribution in [0, 0.1) is 11.3 Å². The van der Waals surface area contributed by atoms with Crippen molar-refractivity contribution in [3.8, 4) is 17.5 Å². The number of amides is 1. The zero-order valence-electron chi connectivity index (χ0n) is 21.0. The monoisotopic (exact) mass is 529 g/mol. The highest BCUT2D eigenvalue weighted by atomic mass is 16.5. The minimum Gasteiger partial charge on any atom is -0.478 e. The number of nitrogens with one attached hydrogen (secondary N) is 1. The standard InChI is InChI=1S/C24H23N5O2.C4H4O4/c25-16-19-6-8-21(9-7-19)24-27-22(28-31-24)23(30)26-13-10-18-11-14-29(15-12-18)17-20-4-2-1-3-5-20;5-3(6)1-2-4(7)8/h1-9,11H,10,12-15,17H2,(H,26,30);1-2H,(H,5,6)(H,7,8)/b;2-1+. The van der Waals surface area contributed by atoms with Crippen molar-refractivity contribution in [1.29, 1.82) is 5.26 Å². The van der Waals surface area contributed by atoms with Gasteiger partial charge in [0.1, 0.15) is 0 Å². The molecule has 0 aliphatic carbocycles. The molecule has 0 saturated carbocycles. The maximum atomic E-state index is 12.3. The van der Waals surface area contributed by atoms with Gasteiger partial charge in [0.25, 0.3) is 17.6 Å². The predicted octanol–water partition coefficient (Wildman–Crippen LogP) is 3.27. The van der Waals surface area contributed by atoms with Crippen molar-refractivity contribution >= 4 is 17.8 Å². The van der Waals surface area contributed by atoms with Crippen molar-refractivity contribution in [1.82, 2.24) is 20.4 Å². The second-order valence-electron chi connectivity index (χ2n) is 8.46. The van der Waals surface area contributed by atoms with E-state index in [0.717, 1.165) is 32.5 Å². The van der Waals surface area contributed by atoms with Gasteiger partial charge < -0.3 is 20.1 Å². The van der Waals surface area contributed by atoms with Crippen LogP contribution in [0.5, 0.6) is 0 Å². The molecule has 3 N–H and O–H groups in total. The number of aromatic nitrogens is 2. The molecule has 0 spiro atoms. The number of carbonyl (C=O) groups excluding carboxylic acids is 1. The lowest BCUT2D eigenvalue weighted by Crippen LogP contribution is -2.30. The number of rotatable bonds is 9. The minimum absolute atomic E-state index is 0.00557. The number of nitrogens with zero attached hydrogens (tertiary/aromatic N) is 4. The number of carboxylic acids is 2. The lowest BCUT2D eigenvalue weighted by molar-refractivity contribution is -0.134. The highest BCUT2D eigenvalue weighted by Gasteiger charge is 2.16. The second kappa shape index (κ2) is 14.6. The van der Waals surface area contributed by atoms with Crippen LogP contribution in [0.15, 0.2) is 82.9 Å². The van der Waals surface area contributed by atoms with Gasteiger partial charge in [0.2, 0.25) is 0 Å². The number of nitriles is 1. The van der Waals surface area contributed by atoms with Crippen molar-refractivity contribution < 1.29 is 29.1 Å². The molecule has 1 aliphatic rings. The van der Waals surface area contributed by atoms with E-state index < -0.39 is 11.9 Å². The Morgan fingerprint density at radius 3 is 2.33 bits per heavy atom. The number of aliphatic carboxylic acids is 2. The molecule has 0 bridgehead atoms. The molecule has 2 heterocycles. The van der Waals surface area contributed by atoms with E-state index in [-0.39, 0.29) is 17.6 Å². The average molecular weight is 530 g/mol. The Bertz CT molecular complexity index is 1360. The lowest BCUT2D eigenvalue weighted by atomic mass is 10.0. The highest BCUT2D eigenvalue weighted by Crippen LogP contribution is 2.18.